The number of nitrogens with one attached hydrogen (secondary N) is 1. The average molecular weight is 227 g/mol. The molecular weight excluding hydrogens is 210 g/mol. The van der Waals surface area contributed by atoms with Crippen LogP contribution in [-0.2, 0) is 6.42 Å². The first-order chi connectivity index (χ1) is 7.40. The Morgan fingerprint density at radius 1 is 1.53 bits per heavy atom. The van der Waals surface area contributed by atoms with Gasteiger partial charge in [-0.3, -0.25) is 0 Å². The third-order valence-electron chi connectivity index (χ3n) is 2.58. The normalized spacial score (nSPS) is 21.0. The van der Waals surface area contributed by atoms with Gasteiger partial charge in [-0.05, 0) is 32.2 Å². The fraction of sp³-hybridized carbons (Fsp3) is 0.800. The van der Waals surface area contributed by atoms with E-state index in [0.717, 1.165) is 36.9 Å². The maximum atomic E-state index is 5.65. The maximum Gasteiger partial charge on any atom is 0.220 e. The third kappa shape index (κ3) is 2.95. The Labute approximate surface area is 94.2 Å². The second kappa shape index (κ2) is 5.51. The molecule has 0 aromatic carbocycles. The molecule has 0 bridgehead atoms. The van der Waals surface area contributed by atoms with Crippen LogP contribution in [0.2, 0.25) is 0 Å². The highest BCUT2D eigenvalue weighted by molar-refractivity contribution is 7.99. The Balaban J connectivity index is 1.86. The molecule has 2 rings (SSSR count). The smallest absolute Gasteiger partial charge is 0.220 e. The molecule has 1 aliphatic rings. The molecule has 1 unspecified atom stereocenters. The standard InChI is InChI=1S/C10H17N3OS/c1-11-5-2-3-9-12-13-10(14-9)8-4-6-15-7-8/h8,11H,2-7H2,1H3. The molecule has 1 N–H and O–H groups in total. The lowest BCUT2D eigenvalue weighted by molar-refractivity contribution is 0.421. The van der Waals surface area contributed by atoms with Gasteiger partial charge in [0.25, 0.3) is 0 Å². The average Bonchev–Trinajstić information content (AvgIpc) is 2.87. The Morgan fingerprint density at radius 2 is 2.47 bits per heavy atom. The highest BCUT2D eigenvalue weighted by Crippen LogP contribution is 2.31. The van der Waals surface area contributed by atoms with Crippen molar-refractivity contribution in [3.63, 3.8) is 0 Å². The van der Waals surface area contributed by atoms with Crippen molar-refractivity contribution in [3.8, 4) is 0 Å². The molecule has 1 aromatic heterocycles. The van der Waals surface area contributed by atoms with Crippen molar-refractivity contribution in [1.82, 2.24) is 15.5 Å². The van der Waals surface area contributed by atoms with Gasteiger partial charge in [-0.2, -0.15) is 11.8 Å². The molecule has 0 saturated carbocycles. The lowest BCUT2D eigenvalue weighted by Gasteiger charge is -1.99. The van der Waals surface area contributed by atoms with Crippen LogP contribution in [0.15, 0.2) is 4.42 Å². The first-order valence-corrected chi connectivity index (χ1v) is 6.60. The second-order valence-corrected chi connectivity index (χ2v) is 4.95. The summed E-state index contributed by atoms with van der Waals surface area (Å²) in [6.07, 6.45) is 3.12. The lowest BCUT2D eigenvalue weighted by Crippen LogP contribution is -2.08. The lowest BCUT2D eigenvalue weighted by atomic mass is 10.1. The van der Waals surface area contributed by atoms with E-state index >= 15 is 0 Å². The minimum atomic E-state index is 0.501. The Morgan fingerprint density at radius 3 is 3.20 bits per heavy atom. The van der Waals surface area contributed by atoms with Crippen molar-refractivity contribution in [3.05, 3.63) is 11.8 Å². The Bertz CT molecular complexity index is 297. The monoisotopic (exact) mass is 227 g/mol. The molecule has 0 radical (unpaired) electrons. The van der Waals surface area contributed by atoms with Gasteiger partial charge >= 0.3 is 0 Å². The fourth-order valence-electron chi connectivity index (χ4n) is 1.68. The number of thioether (sulfide) groups is 1. The minimum Gasteiger partial charge on any atom is -0.425 e. The molecule has 1 aromatic rings. The van der Waals surface area contributed by atoms with Gasteiger partial charge in [-0.15, -0.1) is 10.2 Å². The van der Waals surface area contributed by atoms with Gasteiger partial charge in [0.1, 0.15) is 0 Å². The van der Waals surface area contributed by atoms with Crippen LogP contribution in [0.25, 0.3) is 0 Å². The highest BCUT2D eigenvalue weighted by Gasteiger charge is 2.22. The number of hydrogen-bond donors (Lipinski definition) is 1. The molecule has 2 heterocycles. The van der Waals surface area contributed by atoms with Gasteiger partial charge < -0.3 is 9.73 Å². The first kappa shape index (κ1) is 11.0. The molecular formula is C10H17N3OS. The number of aromatic nitrogens is 2. The van der Waals surface area contributed by atoms with Crippen LogP contribution in [0.1, 0.15) is 30.5 Å². The van der Waals surface area contributed by atoms with Crippen molar-refractivity contribution in [1.29, 1.82) is 0 Å². The molecule has 84 valence electrons. The minimum absolute atomic E-state index is 0.501. The van der Waals surface area contributed by atoms with Crippen molar-refractivity contribution in [2.75, 3.05) is 25.1 Å². The van der Waals surface area contributed by atoms with E-state index in [4.69, 9.17) is 4.42 Å². The van der Waals surface area contributed by atoms with Crippen LogP contribution < -0.4 is 5.32 Å². The van der Waals surface area contributed by atoms with Crippen molar-refractivity contribution >= 4 is 11.8 Å². The largest absolute Gasteiger partial charge is 0.425 e. The molecule has 1 aliphatic heterocycles. The summed E-state index contributed by atoms with van der Waals surface area (Å²) in [7, 11) is 1.95. The van der Waals surface area contributed by atoms with E-state index in [2.05, 4.69) is 15.5 Å². The summed E-state index contributed by atoms with van der Waals surface area (Å²) >= 11 is 1.97. The predicted molar refractivity (Wildman–Crippen MR) is 61.2 cm³/mol. The zero-order chi connectivity index (χ0) is 10.5. The Hall–Kier alpha value is -0.550. The molecule has 1 saturated heterocycles. The van der Waals surface area contributed by atoms with Crippen molar-refractivity contribution < 1.29 is 4.42 Å². The first-order valence-electron chi connectivity index (χ1n) is 5.45. The highest BCUT2D eigenvalue weighted by atomic mass is 32.2. The summed E-state index contributed by atoms with van der Waals surface area (Å²) < 4.78 is 5.65. The summed E-state index contributed by atoms with van der Waals surface area (Å²) in [4.78, 5) is 0. The number of hydrogen-bond acceptors (Lipinski definition) is 5. The van der Waals surface area contributed by atoms with Crippen LogP contribution in [0.3, 0.4) is 0 Å². The van der Waals surface area contributed by atoms with Crippen LogP contribution in [0.5, 0.6) is 0 Å². The summed E-state index contributed by atoms with van der Waals surface area (Å²) in [6, 6.07) is 0. The van der Waals surface area contributed by atoms with Gasteiger partial charge in [0.05, 0.1) is 0 Å². The van der Waals surface area contributed by atoms with Crippen molar-refractivity contribution in [2.24, 2.45) is 0 Å². The van der Waals surface area contributed by atoms with E-state index in [1.54, 1.807) is 0 Å². The van der Waals surface area contributed by atoms with E-state index in [1.807, 2.05) is 18.8 Å². The quantitative estimate of drug-likeness (QED) is 0.771. The molecule has 4 nitrogen and oxygen atoms in total. The second-order valence-electron chi connectivity index (χ2n) is 3.80. The molecule has 0 spiro atoms. The number of aryl methyl sites for hydroxylation is 1. The molecule has 0 aliphatic carbocycles. The van der Waals surface area contributed by atoms with Crippen LogP contribution >= 0.6 is 11.8 Å². The van der Waals surface area contributed by atoms with Crippen molar-refractivity contribution in [2.45, 2.75) is 25.2 Å². The predicted octanol–water partition coefficient (Wildman–Crippen LogP) is 1.44. The van der Waals surface area contributed by atoms with E-state index in [0.29, 0.717) is 5.92 Å². The summed E-state index contributed by atoms with van der Waals surface area (Å²) in [5, 5.41) is 11.3. The zero-order valence-electron chi connectivity index (χ0n) is 9.03. The fourth-order valence-corrected chi connectivity index (χ4v) is 2.89. The van der Waals surface area contributed by atoms with Gasteiger partial charge in [-0.25, -0.2) is 0 Å². The molecule has 5 heteroatoms. The molecule has 1 fully saturated rings. The molecule has 0 amide bonds. The van der Waals surface area contributed by atoms with E-state index < -0.39 is 0 Å². The van der Waals surface area contributed by atoms with Crippen LogP contribution in [0.4, 0.5) is 0 Å². The topological polar surface area (TPSA) is 51.0 Å². The zero-order valence-corrected chi connectivity index (χ0v) is 9.85. The van der Waals surface area contributed by atoms with Crippen LogP contribution in [0, 0.1) is 0 Å². The number of rotatable bonds is 5. The van der Waals surface area contributed by atoms with E-state index in [9.17, 15) is 0 Å². The van der Waals surface area contributed by atoms with E-state index in [-0.39, 0.29) is 0 Å². The summed E-state index contributed by atoms with van der Waals surface area (Å²) in [6.45, 7) is 0.997. The third-order valence-corrected chi connectivity index (χ3v) is 3.74. The number of nitrogens with zero attached hydrogens (tertiary/aromatic N) is 2. The Kier molecular flexibility index (Phi) is 4.02. The van der Waals surface area contributed by atoms with E-state index in [1.165, 1.54) is 12.2 Å². The summed E-state index contributed by atoms with van der Waals surface area (Å²) in [5.74, 6) is 4.50. The van der Waals surface area contributed by atoms with Crippen LogP contribution in [-0.4, -0.2) is 35.3 Å². The molecule has 15 heavy (non-hydrogen) atoms. The van der Waals surface area contributed by atoms with Gasteiger partial charge in [0.15, 0.2) is 0 Å². The van der Waals surface area contributed by atoms with Gasteiger partial charge in [-0.1, -0.05) is 0 Å². The van der Waals surface area contributed by atoms with Gasteiger partial charge in [0.2, 0.25) is 11.8 Å². The van der Waals surface area contributed by atoms with Gasteiger partial charge in [0, 0.05) is 18.1 Å². The molecule has 1 atom stereocenters. The maximum absolute atomic E-state index is 5.65. The summed E-state index contributed by atoms with van der Waals surface area (Å²) in [5.41, 5.74) is 0. The SMILES string of the molecule is CNCCCc1nnc(C2CCSC2)o1.